The number of nitrogen functional groups attached to an aromatic ring is 2. The number of nitrogens with two attached hydrogens (primary N) is 2. The number of fused-ring (bicyclic) bond motifs is 6. The standard InChI is InChI=1S/C100H146N8O25/c1-65-19-13-12-14-20-66(2)84(118-8)61-78-29-24-71(7)100(117,133-78)95(114)97(115)107-37-16-15-22-81(107)98(116)131-86(62-85(119-9)67(3)56-70(6)93(113)94(121-11)92(112)69(5)55-65)68(4)57-72-26-30-83(87(59-72)120-10)130-89(111)23-18-40-123-44-48-127-51-53-128-49-45-124-41-34-77(109)21-17-39-122-43-47-126-52-54-129-50-46-125-42-35-88(110)106-38-33-74-58-73(25-27-76(74)64-106)63-108-96-90(79(101)32-36-103-96)91(105-108)75-28-31-82-80(60-75)104-99(102)132-82/h12-14,19-20,25,27-28,31-32,36,56,58,60,65,67-69,71-72,78,81,83-87,93-94,113,117H,15-18,21-24,26,29-30,33-35,37-55,57,59,61-64H2,1-11H3,(H2,101,103)(H2,102,104)/b14-12+,19-13+,66-20+,70-56+/t65-,67-,68-,69-,71-,72+,78+,81+,83-,84+,85-,86+,87-,93-,94+,100-/m1/s1. The minimum absolute atomic E-state index is 0.00847. The van der Waals surface area contributed by atoms with Gasteiger partial charge in [0, 0.05) is 129 Å². The van der Waals surface area contributed by atoms with Crippen molar-refractivity contribution < 1.29 is 119 Å². The minimum Gasteiger partial charge on any atom is -0.460 e. The topological polar surface area (TPSA) is 414 Å². The number of amides is 2. The molecule has 6 N–H and O–H groups in total. The number of nitrogens with zero attached hydrogens (tertiary/aromatic N) is 6. The number of methoxy groups -OCH3 is 4. The number of cyclic esters (lactones) is 1. The third-order valence-electron chi connectivity index (χ3n) is 26.1. The zero-order chi connectivity index (χ0) is 95.4. The molecule has 1 saturated carbocycles. The number of aromatic nitrogens is 4. The molecule has 133 heavy (non-hydrogen) atoms. The summed E-state index contributed by atoms with van der Waals surface area (Å²) in [4.78, 5) is 109. The van der Waals surface area contributed by atoms with Crippen molar-refractivity contribution in [2.75, 3.05) is 159 Å². The van der Waals surface area contributed by atoms with E-state index in [2.05, 4.69) is 28.2 Å². The van der Waals surface area contributed by atoms with Gasteiger partial charge in [0.15, 0.2) is 17.0 Å². The normalized spacial score (nSPS) is 26.9. The maximum absolute atomic E-state index is 14.9. The summed E-state index contributed by atoms with van der Waals surface area (Å²) in [7, 11) is 6.17. The number of ketones is 3. The largest absolute Gasteiger partial charge is 0.460 e. The predicted octanol–water partition coefficient (Wildman–Crippen LogP) is 11.6. The summed E-state index contributed by atoms with van der Waals surface area (Å²) >= 11 is 0. The van der Waals surface area contributed by atoms with E-state index in [0.717, 1.165) is 34.1 Å². The van der Waals surface area contributed by atoms with Crippen LogP contribution in [0.15, 0.2) is 101 Å². The molecule has 10 rings (SSSR count). The molecule has 0 unspecified atom stereocenters. The molecule has 5 aromatic rings. The fourth-order valence-corrected chi connectivity index (χ4v) is 18.4. The molecule has 736 valence electrons. The van der Waals surface area contributed by atoms with Gasteiger partial charge in [0.1, 0.15) is 47.5 Å². The Morgan fingerprint density at radius 1 is 0.654 bits per heavy atom. The van der Waals surface area contributed by atoms with Crippen molar-refractivity contribution in [2.24, 2.45) is 35.5 Å². The SMILES string of the molecule is CO[C@H]1C[C@@H]2CC[C@@H](C)[C@@](O)(O2)C(=O)C(=O)N2CCCC[C@H]2C(=O)O[C@H]([C@H](C)C[C@@H]2CC[C@@H](OC(=O)CCCOCCOCCOCCOCCC(=O)CCCOCCOCCOCCOCCC(=O)N3CCc4cc(Cn5nc(-c6ccc7oc(N)nc7c6)c6c(N)ccnc65)ccc4C3)[C@H](OC)C2)C[C@@H](OC)[C@H](C)/C=C(\C)[C@@H](O)[C@@H](OC)C(=O)[C@H](C)C[C@H](C)/C=C/C=C/C=C/1C. The Bertz CT molecular complexity index is 4640. The van der Waals surface area contributed by atoms with E-state index >= 15 is 0 Å². The summed E-state index contributed by atoms with van der Waals surface area (Å²) in [6.45, 7) is 20.7. The Labute approximate surface area is 782 Å². The number of hydrogen-bond acceptors (Lipinski definition) is 30. The molecule has 2 saturated heterocycles. The van der Waals surface area contributed by atoms with E-state index in [1.807, 2.05) is 98.9 Å². The van der Waals surface area contributed by atoms with E-state index < -0.39 is 90.2 Å². The van der Waals surface area contributed by atoms with Gasteiger partial charge in [-0.2, -0.15) is 10.1 Å². The van der Waals surface area contributed by atoms with Gasteiger partial charge in [-0.15, -0.1) is 0 Å². The van der Waals surface area contributed by atoms with E-state index in [1.165, 1.54) is 17.6 Å². The van der Waals surface area contributed by atoms with Crippen LogP contribution in [-0.2, 0) is 124 Å². The third-order valence-corrected chi connectivity index (χ3v) is 26.1. The number of esters is 2. The van der Waals surface area contributed by atoms with Crippen LogP contribution in [-0.4, -0.2) is 289 Å². The van der Waals surface area contributed by atoms with Crippen molar-refractivity contribution >= 4 is 74.9 Å². The van der Waals surface area contributed by atoms with Crippen LogP contribution in [0.2, 0.25) is 0 Å². The van der Waals surface area contributed by atoms with Gasteiger partial charge >= 0.3 is 11.9 Å². The Morgan fingerprint density at radius 3 is 2.00 bits per heavy atom. The lowest BCUT2D eigenvalue weighted by molar-refractivity contribution is -0.265. The quantitative estimate of drug-likeness (QED) is 0.0122. The number of rotatable bonds is 43. The molecule has 2 amide bonds. The number of Topliss-reactive ketones (excluding diaryl/α,β-unsaturated/α-hetero) is 3. The smallest absolute Gasteiger partial charge is 0.329 e. The highest BCUT2D eigenvalue weighted by atomic mass is 16.6. The van der Waals surface area contributed by atoms with Crippen LogP contribution < -0.4 is 11.5 Å². The zero-order valence-electron chi connectivity index (χ0n) is 79.9. The number of aliphatic hydroxyl groups excluding tert-OH is 1. The zero-order valence-corrected chi connectivity index (χ0v) is 79.9. The average Bonchev–Trinajstić information content (AvgIpc) is 1.65. The van der Waals surface area contributed by atoms with Crippen molar-refractivity contribution in [1.29, 1.82) is 0 Å². The Kier molecular flexibility index (Phi) is 44.0. The molecule has 33 nitrogen and oxygen atoms in total. The molecule has 7 heterocycles. The van der Waals surface area contributed by atoms with Gasteiger partial charge in [-0.05, 0) is 167 Å². The first-order valence-corrected chi connectivity index (χ1v) is 47.7. The second-order valence-corrected chi connectivity index (χ2v) is 36.1. The van der Waals surface area contributed by atoms with Crippen LogP contribution in [0, 0.1) is 35.5 Å². The highest BCUT2D eigenvalue weighted by Crippen LogP contribution is 2.41. The first kappa shape index (κ1) is 106. The van der Waals surface area contributed by atoms with E-state index in [1.54, 1.807) is 47.4 Å². The van der Waals surface area contributed by atoms with Gasteiger partial charge in [-0.1, -0.05) is 89.3 Å². The molecular weight excluding hydrogens is 1710 g/mol. The molecular formula is C100H146N8O25. The number of ether oxygens (including phenoxy) is 15. The minimum atomic E-state index is -2.46. The highest BCUT2D eigenvalue weighted by molar-refractivity contribution is 6.39. The Hall–Kier alpha value is -8.62. The number of anilines is 2. The van der Waals surface area contributed by atoms with Crippen LogP contribution >= 0.6 is 0 Å². The second-order valence-electron chi connectivity index (χ2n) is 36.1. The highest BCUT2D eigenvalue weighted by Gasteiger charge is 2.53. The molecule has 0 spiro atoms. The van der Waals surface area contributed by atoms with E-state index in [4.69, 9.17) is 92.0 Å². The van der Waals surface area contributed by atoms with E-state index in [0.29, 0.717) is 249 Å². The summed E-state index contributed by atoms with van der Waals surface area (Å²) in [6, 6.07) is 12.7. The lowest BCUT2D eigenvalue weighted by Crippen LogP contribution is -2.61. The van der Waals surface area contributed by atoms with Gasteiger partial charge in [0.05, 0.1) is 135 Å². The van der Waals surface area contributed by atoms with Gasteiger partial charge in [0.25, 0.3) is 17.7 Å². The molecule has 5 aliphatic rings. The predicted molar refractivity (Wildman–Crippen MR) is 498 cm³/mol. The number of benzene rings is 2. The molecule has 3 fully saturated rings. The number of piperidine rings is 1. The van der Waals surface area contributed by atoms with Gasteiger partial charge in [0.2, 0.25) is 11.7 Å². The van der Waals surface area contributed by atoms with Crippen LogP contribution in [0.25, 0.3) is 33.4 Å². The number of oxazole rings is 1. The van der Waals surface area contributed by atoms with Gasteiger partial charge in [-0.3, -0.25) is 28.8 Å². The molecule has 3 aromatic heterocycles. The third kappa shape index (κ3) is 32.0. The number of pyridine rings is 1. The fourth-order valence-electron chi connectivity index (χ4n) is 18.4. The first-order chi connectivity index (χ1) is 64.2. The molecule has 4 aliphatic heterocycles. The molecule has 2 aromatic carbocycles. The Morgan fingerprint density at radius 2 is 1.32 bits per heavy atom. The average molecular weight is 1860 g/mol. The van der Waals surface area contributed by atoms with Crippen LogP contribution in [0.4, 0.5) is 11.7 Å². The summed E-state index contributed by atoms with van der Waals surface area (Å²) in [5, 5.41) is 29.7. The van der Waals surface area contributed by atoms with Crippen LogP contribution in [0.1, 0.15) is 181 Å². The van der Waals surface area contributed by atoms with Crippen molar-refractivity contribution in [1.82, 2.24) is 29.5 Å². The monoisotopic (exact) mass is 1860 g/mol. The molecule has 33 heteroatoms. The molecule has 2 bridgehead atoms. The van der Waals surface area contributed by atoms with Crippen LogP contribution in [0.5, 0.6) is 0 Å². The van der Waals surface area contributed by atoms with Crippen molar-refractivity contribution in [3.8, 4) is 11.3 Å². The maximum Gasteiger partial charge on any atom is 0.329 e. The molecule has 16 atom stereocenters. The van der Waals surface area contributed by atoms with E-state index in [9.17, 15) is 43.8 Å². The number of carbonyl (C=O) groups is 7. The second kappa shape index (κ2) is 54.9. The summed E-state index contributed by atoms with van der Waals surface area (Å²) in [6.07, 6.45) is 16.0. The van der Waals surface area contributed by atoms with E-state index in [-0.39, 0.29) is 85.4 Å². The Balaban J connectivity index is 0.541. The summed E-state index contributed by atoms with van der Waals surface area (Å²) in [5.41, 5.74) is 21.0. The molecule has 1 aliphatic carbocycles. The van der Waals surface area contributed by atoms with Crippen LogP contribution in [0.3, 0.4) is 0 Å². The summed E-state index contributed by atoms with van der Waals surface area (Å²) in [5.74, 6) is -7.52. The lowest BCUT2D eigenvalue weighted by atomic mass is 9.78. The maximum atomic E-state index is 14.9. The number of aliphatic hydroxyl groups is 2. The number of carbonyl (C=O) groups excluding carboxylic acids is 7. The van der Waals surface area contributed by atoms with Crippen molar-refractivity contribution in [3.63, 3.8) is 0 Å². The van der Waals surface area contributed by atoms with Crippen molar-refractivity contribution in [3.05, 3.63) is 113 Å². The lowest BCUT2D eigenvalue weighted by Gasteiger charge is -2.43. The van der Waals surface area contributed by atoms with Crippen molar-refractivity contribution in [2.45, 2.75) is 244 Å². The number of allylic oxidation sites excluding steroid dienone is 5. The fraction of sp³-hybridized carbons (Fsp3) is 0.660. The first-order valence-electron chi connectivity index (χ1n) is 47.7. The van der Waals surface area contributed by atoms with Gasteiger partial charge < -0.3 is 107 Å². The van der Waals surface area contributed by atoms with Gasteiger partial charge in [-0.25, -0.2) is 14.5 Å². The summed E-state index contributed by atoms with van der Waals surface area (Å²) < 4.78 is 95.3. The number of hydrogen-bond donors (Lipinski definition) is 4. The molecule has 0 radical (unpaired) electrons.